The first-order chi connectivity index (χ1) is 11.2. The number of carbonyl (C=O) groups is 1. The van der Waals surface area contributed by atoms with Crippen LogP contribution in [0.1, 0.15) is 17.7 Å². The molecule has 0 saturated carbocycles. The standard InChI is InChI=1S/C18H19N3O2/c1-13-6-7-16-15(11-13)21(10-4-8-19)18(22)17(23-16)12-14-5-2-3-9-20-14/h2-3,5-7,9,11-12H,4,8,10,19H2,1H3/b17-12+. The number of amides is 1. The molecule has 1 aliphatic heterocycles. The van der Waals surface area contributed by atoms with Gasteiger partial charge in [0.2, 0.25) is 0 Å². The highest BCUT2D eigenvalue weighted by molar-refractivity contribution is 6.09. The van der Waals surface area contributed by atoms with Gasteiger partial charge in [-0.15, -0.1) is 0 Å². The molecule has 5 heteroatoms. The van der Waals surface area contributed by atoms with Crippen molar-refractivity contribution in [3.05, 3.63) is 59.6 Å². The van der Waals surface area contributed by atoms with Crippen molar-refractivity contribution in [1.82, 2.24) is 4.98 Å². The summed E-state index contributed by atoms with van der Waals surface area (Å²) in [6.45, 7) is 3.09. The topological polar surface area (TPSA) is 68.5 Å². The number of rotatable bonds is 4. The van der Waals surface area contributed by atoms with Crippen molar-refractivity contribution in [1.29, 1.82) is 0 Å². The average molecular weight is 309 g/mol. The maximum atomic E-state index is 12.8. The Kier molecular flexibility index (Phi) is 4.39. The highest BCUT2D eigenvalue weighted by atomic mass is 16.5. The maximum Gasteiger partial charge on any atom is 0.294 e. The predicted molar refractivity (Wildman–Crippen MR) is 90.0 cm³/mol. The number of ether oxygens (including phenoxy) is 1. The first kappa shape index (κ1) is 15.2. The van der Waals surface area contributed by atoms with Crippen LogP contribution in [0.15, 0.2) is 48.4 Å². The largest absolute Gasteiger partial charge is 0.449 e. The number of nitrogens with zero attached hydrogens (tertiary/aromatic N) is 2. The summed E-state index contributed by atoms with van der Waals surface area (Å²) < 4.78 is 5.81. The number of fused-ring (bicyclic) bond motifs is 1. The number of pyridine rings is 1. The minimum atomic E-state index is -0.165. The van der Waals surface area contributed by atoms with Crippen molar-refractivity contribution in [2.24, 2.45) is 5.73 Å². The van der Waals surface area contributed by atoms with E-state index in [0.717, 1.165) is 17.7 Å². The van der Waals surface area contributed by atoms with Crippen LogP contribution < -0.4 is 15.4 Å². The fourth-order valence-electron chi connectivity index (χ4n) is 2.49. The van der Waals surface area contributed by atoms with Gasteiger partial charge in [0.05, 0.1) is 11.4 Å². The second kappa shape index (κ2) is 6.62. The van der Waals surface area contributed by atoms with Crippen molar-refractivity contribution in [2.45, 2.75) is 13.3 Å². The van der Waals surface area contributed by atoms with Gasteiger partial charge in [-0.25, -0.2) is 0 Å². The summed E-state index contributed by atoms with van der Waals surface area (Å²) in [5.41, 5.74) is 8.16. The molecule has 2 heterocycles. The molecule has 0 aliphatic carbocycles. The van der Waals surface area contributed by atoms with Crippen LogP contribution in [-0.2, 0) is 4.79 Å². The van der Waals surface area contributed by atoms with Crippen LogP contribution >= 0.6 is 0 Å². The average Bonchev–Trinajstić information content (AvgIpc) is 2.56. The molecule has 1 aromatic carbocycles. The van der Waals surface area contributed by atoms with Gasteiger partial charge >= 0.3 is 0 Å². The van der Waals surface area contributed by atoms with Crippen LogP contribution in [0.3, 0.4) is 0 Å². The van der Waals surface area contributed by atoms with Gasteiger partial charge in [0.25, 0.3) is 5.91 Å². The Morgan fingerprint density at radius 2 is 2.17 bits per heavy atom. The van der Waals surface area contributed by atoms with Gasteiger partial charge in [0.1, 0.15) is 0 Å². The van der Waals surface area contributed by atoms with Crippen molar-refractivity contribution >= 4 is 17.7 Å². The number of hydrogen-bond donors (Lipinski definition) is 1. The Balaban J connectivity index is 2.00. The van der Waals surface area contributed by atoms with E-state index < -0.39 is 0 Å². The van der Waals surface area contributed by atoms with E-state index in [9.17, 15) is 4.79 Å². The Bertz CT molecular complexity index is 741. The molecule has 5 nitrogen and oxygen atoms in total. The maximum absolute atomic E-state index is 12.8. The summed E-state index contributed by atoms with van der Waals surface area (Å²) >= 11 is 0. The fraction of sp³-hybridized carbons (Fsp3) is 0.222. The summed E-state index contributed by atoms with van der Waals surface area (Å²) in [5.74, 6) is 0.786. The molecule has 1 aromatic heterocycles. The van der Waals surface area contributed by atoms with Crippen LogP contribution in [0, 0.1) is 6.92 Å². The molecule has 23 heavy (non-hydrogen) atoms. The number of carbonyl (C=O) groups excluding carboxylic acids is 1. The van der Waals surface area contributed by atoms with Gasteiger partial charge in [-0.3, -0.25) is 9.78 Å². The second-order valence-corrected chi connectivity index (χ2v) is 5.44. The molecule has 0 fully saturated rings. The van der Waals surface area contributed by atoms with Crippen molar-refractivity contribution < 1.29 is 9.53 Å². The lowest BCUT2D eigenvalue weighted by Crippen LogP contribution is -2.38. The summed E-state index contributed by atoms with van der Waals surface area (Å²) in [4.78, 5) is 18.7. The summed E-state index contributed by atoms with van der Waals surface area (Å²) in [5, 5.41) is 0. The van der Waals surface area contributed by atoms with Crippen LogP contribution in [-0.4, -0.2) is 24.0 Å². The van der Waals surface area contributed by atoms with E-state index in [1.165, 1.54) is 0 Å². The lowest BCUT2D eigenvalue weighted by Gasteiger charge is -2.30. The molecular formula is C18H19N3O2. The molecule has 1 aliphatic rings. The van der Waals surface area contributed by atoms with E-state index in [0.29, 0.717) is 24.5 Å². The third-order valence-electron chi connectivity index (χ3n) is 3.63. The Labute approximate surface area is 135 Å². The third kappa shape index (κ3) is 3.24. The molecule has 0 bridgehead atoms. The molecule has 3 rings (SSSR count). The van der Waals surface area contributed by atoms with Gasteiger partial charge in [0.15, 0.2) is 11.5 Å². The second-order valence-electron chi connectivity index (χ2n) is 5.44. The number of nitrogens with two attached hydrogens (primary N) is 1. The SMILES string of the molecule is Cc1ccc2c(c1)N(CCCN)C(=O)/C(=C\c1ccccn1)O2. The molecule has 118 valence electrons. The molecule has 0 atom stereocenters. The fourth-order valence-corrected chi connectivity index (χ4v) is 2.49. The Hall–Kier alpha value is -2.66. The van der Waals surface area contributed by atoms with Crippen molar-refractivity contribution in [2.75, 3.05) is 18.0 Å². The minimum Gasteiger partial charge on any atom is -0.449 e. The number of benzene rings is 1. The van der Waals surface area contributed by atoms with E-state index in [4.69, 9.17) is 10.5 Å². The third-order valence-corrected chi connectivity index (χ3v) is 3.63. The van der Waals surface area contributed by atoms with E-state index in [1.54, 1.807) is 17.2 Å². The number of aromatic nitrogens is 1. The van der Waals surface area contributed by atoms with Gasteiger partial charge in [-0.2, -0.15) is 0 Å². The van der Waals surface area contributed by atoms with Crippen LogP contribution in [0.4, 0.5) is 5.69 Å². The summed E-state index contributed by atoms with van der Waals surface area (Å²) in [6, 6.07) is 11.3. The molecule has 0 saturated heterocycles. The molecule has 2 N–H and O–H groups in total. The molecule has 0 unspecified atom stereocenters. The Morgan fingerprint density at radius 3 is 2.91 bits per heavy atom. The van der Waals surface area contributed by atoms with Crippen LogP contribution in [0.25, 0.3) is 6.08 Å². The molecule has 0 radical (unpaired) electrons. The molecule has 2 aromatic rings. The number of hydrogen-bond acceptors (Lipinski definition) is 4. The quantitative estimate of drug-likeness (QED) is 0.881. The van der Waals surface area contributed by atoms with Gasteiger partial charge in [0, 0.05) is 18.8 Å². The zero-order valence-electron chi connectivity index (χ0n) is 13.0. The monoisotopic (exact) mass is 309 g/mol. The van der Waals surface area contributed by atoms with Gasteiger partial charge < -0.3 is 15.4 Å². The smallest absolute Gasteiger partial charge is 0.294 e. The number of anilines is 1. The normalized spacial score (nSPS) is 15.5. The van der Waals surface area contributed by atoms with E-state index in [2.05, 4.69) is 4.98 Å². The van der Waals surface area contributed by atoms with E-state index in [1.807, 2.05) is 43.3 Å². The lowest BCUT2D eigenvalue weighted by atomic mass is 10.1. The van der Waals surface area contributed by atoms with Crippen LogP contribution in [0.2, 0.25) is 0 Å². The molecular weight excluding hydrogens is 290 g/mol. The van der Waals surface area contributed by atoms with Gasteiger partial charge in [-0.1, -0.05) is 12.1 Å². The molecule has 1 amide bonds. The highest BCUT2D eigenvalue weighted by Gasteiger charge is 2.30. The summed E-state index contributed by atoms with van der Waals surface area (Å²) in [6.07, 6.45) is 4.08. The Morgan fingerprint density at radius 1 is 1.30 bits per heavy atom. The molecule has 0 spiro atoms. The minimum absolute atomic E-state index is 0.165. The summed E-state index contributed by atoms with van der Waals surface area (Å²) in [7, 11) is 0. The van der Waals surface area contributed by atoms with Gasteiger partial charge in [-0.05, 0) is 49.7 Å². The van der Waals surface area contributed by atoms with Crippen LogP contribution in [0.5, 0.6) is 5.75 Å². The first-order valence-electron chi connectivity index (χ1n) is 7.62. The van der Waals surface area contributed by atoms with Crippen molar-refractivity contribution in [3.8, 4) is 5.75 Å². The van der Waals surface area contributed by atoms with E-state index in [-0.39, 0.29) is 11.7 Å². The highest BCUT2D eigenvalue weighted by Crippen LogP contribution is 2.36. The van der Waals surface area contributed by atoms with Crippen molar-refractivity contribution in [3.63, 3.8) is 0 Å². The zero-order valence-corrected chi connectivity index (χ0v) is 13.0. The lowest BCUT2D eigenvalue weighted by molar-refractivity contribution is -0.117. The number of aryl methyl sites for hydroxylation is 1. The zero-order chi connectivity index (χ0) is 16.2. The predicted octanol–water partition coefficient (Wildman–Crippen LogP) is 2.51. The first-order valence-corrected chi connectivity index (χ1v) is 7.62. The van der Waals surface area contributed by atoms with E-state index >= 15 is 0 Å².